The Balaban J connectivity index is 1.42. The Labute approximate surface area is 328 Å². The lowest BCUT2D eigenvalue weighted by atomic mass is 9.76. The molecule has 4 N–H and O–H groups in total. The highest BCUT2D eigenvalue weighted by Crippen LogP contribution is 2.39. The van der Waals surface area contributed by atoms with E-state index < -0.39 is 94.6 Å². The van der Waals surface area contributed by atoms with Crippen molar-refractivity contribution in [2.24, 2.45) is 23.2 Å². The Hall–Kier alpha value is -5.03. The summed E-state index contributed by atoms with van der Waals surface area (Å²) in [6.45, 7) is 6.96. The minimum absolute atomic E-state index is 0.00929. The third kappa shape index (κ3) is 11.5. The number of hydrogen-bond donors (Lipinski definition) is 4. The van der Waals surface area contributed by atoms with Gasteiger partial charge in [-0.2, -0.15) is 18.2 Å². The number of carbonyl (C=O) groups excluding carboxylic acids is 6. The van der Waals surface area contributed by atoms with Gasteiger partial charge in [0.25, 0.3) is 11.8 Å². The molecule has 2 heterocycles. The molecular formula is C39H51F3N8O7. The van der Waals surface area contributed by atoms with E-state index in [1.54, 1.807) is 27.7 Å². The van der Waals surface area contributed by atoms with Crippen molar-refractivity contribution in [3.63, 3.8) is 0 Å². The van der Waals surface area contributed by atoms with Gasteiger partial charge < -0.3 is 26.0 Å². The van der Waals surface area contributed by atoms with Gasteiger partial charge in [0.05, 0.1) is 24.2 Å². The molecule has 18 heteroatoms. The van der Waals surface area contributed by atoms with Gasteiger partial charge in [-0.25, -0.2) is 9.97 Å². The Morgan fingerprint density at radius 2 is 1.58 bits per heavy atom. The molecule has 0 saturated heterocycles. The summed E-state index contributed by atoms with van der Waals surface area (Å²) in [4.78, 5) is 97.6. The highest BCUT2D eigenvalue weighted by Gasteiger charge is 2.49. The molecule has 6 atom stereocenters. The van der Waals surface area contributed by atoms with E-state index in [2.05, 4.69) is 41.2 Å². The largest absolute Gasteiger partial charge is 0.460 e. The van der Waals surface area contributed by atoms with Crippen LogP contribution < -0.4 is 26.0 Å². The van der Waals surface area contributed by atoms with E-state index in [1.807, 2.05) is 0 Å². The Kier molecular flexibility index (Phi) is 14.0. The number of rotatable bonds is 16. The molecule has 310 valence electrons. The van der Waals surface area contributed by atoms with Crippen LogP contribution >= 0.6 is 0 Å². The van der Waals surface area contributed by atoms with Gasteiger partial charge >= 0.3 is 12.2 Å². The summed E-state index contributed by atoms with van der Waals surface area (Å²) in [6, 6.07) is -3.47. The number of halogens is 3. The summed E-state index contributed by atoms with van der Waals surface area (Å²) in [5, 5.41) is 11.0. The number of alkyl halides is 3. The molecule has 4 amide bonds. The van der Waals surface area contributed by atoms with Gasteiger partial charge in [-0.15, -0.1) is 0 Å². The van der Waals surface area contributed by atoms with Crippen molar-refractivity contribution in [2.45, 2.75) is 135 Å². The van der Waals surface area contributed by atoms with Gasteiger partial charge in [-0.05, 0) is 62.3 Å². The number of amides is 4. The molecule has 0 radical (unpaired) electrons. The van der Waals surface area contributed by atoms with Crippen molar-refractivity contribution in [3.05, 3.63) is 42.2 Å². The molecule has 15 nitrogen and oxygen atoms in total. The number of aromatic nitrogens is 4. The lowest BCUT2D eigenvalue weighted by Crippen LogP contribution is -2.59. The maximum absolute atomic E-state index is 14.8. The molecule has 3 fully saturated rings. The number of Topliss-reactive ketones (excluding diaryl/α,β-unsaturated/α-hetero) is 2. The van der Waals surface area contributed by atoms with Gasteiger partial charge in [0.15, 0.2) is 11.5 Å². The minimum Gasteiger partial charge on any atom is -0.460 e. The first kappa shape index (κ1) is 43.1. The van der Waals surface area contributed by atoms with Crippen LogP contribution in [0.5, 0.6) is 6.01 Å². The lowest BCUT2D eigenvalue weighted by Gasteiger charge is -2.36. The maximum Gasteiger partial charge on any atom is 0.433 e. The van der Waals surface area contributed by atoms with E-state index in [1.165, 1.54) is 18.6 Å². The molecule has 0 aliphatic heterocycles. The highest BCUT2D eigenvalue weighted by atomic mass is 19.4. The zero-order valence-electron chi connectivity index (χ0n) is 32.6. The van der Waals surface area contributed by atoms with Crippen LogP contribution in [0, 0.1) is 23.2 Å². The first-order chi connectivity index (χ1) is 27.0. The van der Waals surface area contributed by atoms with Gasteiger partial charge in [-0.3, -0.25) is 33.8 Å². The van der Waals surface area contributed by atoms with E-state index in [0.29, 0.717) is 25.3 Å². The summed E-state index contributed by atoms with van der Waals surface area (Å²) in [7, 11) is 0. The van der Waals surface area contributed by atoms with E-state index in [4.69, 9.17) is 4.74 Å². The average molecular weight is 801 g/mol. The van der Waals surface area contributed by atoms with Crippen LogP contribution in [-0.2, 0) is 30.1 Å². The molecular weight excluding hydrogens is 749 g/mol. The second-order valence-corrected chi connectivity index (χ2v) is 16.3. The van der Waals surface area contributed by atoms with Crippen LogP contribution in [0.25, 0.3) is 0 Å². The quantitative estimate of drug-likeness (QED) is 0.180. The molecule has 0 aromatic carbocycles. The third-order valence-electron chi connectivity index (χ3n) is 10.7. The maximum atomic E-state index is 14.8. The fourth-order valence-electron chi connectivity index (χ4n) is 7.53. The van der Waals surface area contributed by atoms with Crippen LogP contribution in [0.2, 0.25) is 0 Å². The number of ether oxygens (including phenoxy) is 1. The second kappa shape index (κ2) is 18.5. The molecule has 3 saturated carbocycles. The van der Waals surface area contributed by atoms with Crippen molar-refractivity contribution in [1.29, 1.82) is 0 Å². The molecule has 5 rings (SSSR count). The number of nitrogens with one attached hydrogen (secondary N) is 4. The standard InChI is InChI=1S/C39H51F3N8O7/c1-5-9-26(31(52)36(56)46-22-12-13-22)47-33(53)25-19-23(57-37-45-15-14-28(48-37)39(40,41)42)18-24(25)30(51)32(38(2,3)4)50-35(55)29(21-10-7-6-8-11-21)49-34(54)27-20-43-16-17-44-27/h14-17,20-26,29,32H,5-13,18-19H2,1-4H3,(H,46,56)(H,47,53)(H,49,54)(H,50,55)/t23-,24?,25+,26?,29?,32?/m1/s1. The fourth-order valence-corrected chi connectivity index (χ4v) is 7.53. The summed E-state index contributed by atoms with van der Waals surface area (Å²) in [6.07, 6.45) is 4.82. The number of nitrogens with zero attached hydrogens (tertiary/aromatic N) is 4. The normalized spacial score (nSPS) is 21.7. The van der Waals surface area contributed by atoms with Crippen LogP contribution in [0.15, 0.2) is 30.9 Å². The topological polar surface area (TPSA) is 211 Å². The Morgan fingerprint density at radius 1 is 0.877 bits per heavy atom. The van der Waals surface area contributed by atoms with Gasteiger partial charge in [0.2, 0.25) is 17.6 Å². The van der Waals surface area contributed by atoms with Crippen LogP contribution in [0.1, 0.15) is 115 Å². The third-order valence-corrected chi connectivity index (χ3v) is 10.7. The van der Waals surface area contributed by atoms with Crippen molar-refractivity contribution >= 4 is 35.2 Å². The number of hydrogen-bond acceptors (Lipinski definition) is 11. The van der Waals surface area contributed by atoms with Crippen LogP contribution in [0.4, 0.5) is 13.2 Å². The number of ketones is 2. The predicted octanol–water partition coefficient (Wildman–Crippen LogP) is 3.67. The van der Waals surface area contributed by atoms with E-state index in [0.717, 1.165) is 38.3 Å². The first-order valence-electron chi connectivity index (χ1n) is 19.6. The molecule has 4 unspecified atom stereocenters. The molecule has 3 aliphatic rings. The monoisotopic (exact) mass is 800 g/mol. The molecule has 3 aliphatic carbocycles. The summed E-state index contributed by atoms with van der Waals surface area (Å²) in [5.74, 6) is -6.75. The van der Waals surface area contributed by atoms with E-state index in [9.17, 15) is 41.9 Å². The number of carbonyl (C=O) groups is 6. The van der Waals surface area contributed by atoms with Gasteiger partial charge in [0, 0.05) is 30.6 Å². The molecule has 2 aromatic rings. The molecule has 0 spiro atoms. The van der Waals surface area contributed by atoms with Crippen LogP contribution in [-0.4, -0.2) is 85.4 Å². The van der Waals surface area contributed by atoms with E-state index >= 15 is 0 Å². The molecule has 0 bridgehead atoms. The molecule has 2 aromatic heterocycles. The molecule has 57 heavy (non-hydrogen) atoms. The van der Waals surface area contributed by atoms with Gasteiger partial charge in [0.1, 0.15) is 17.8 Å². The Morgan fingerprint density at radius 3 is 2.19 bits per heavy atom. The zero-order chi connectivity index (χ0) is 41.5. The summed E-state index contributed by atoms with van der Waals surface area (Å²) in [5.41, 5.74) is -2.17. The minimum atomic E-state index is -4.79. The van der Waals surface area contributed by atoms with Crippen LogP contribution in [0.3, 0.4) is 0 Å². The van der Waals surface area contributed by atoms with Crippen molar-refractivity contribution < 1.29 is 46.7 Å². The average Bonchev–Trinajstić information content (AvgIpc) is 3.90. The Bertz CT molecular complexity index is 1780. The highest BCUT2D eigenvalue weighted by molar-refractivity contribution is 6.38. The van der Waals surface area contributed by atoms with Crippen molar-refractivity contribution in [2.75, 3.05) is 0 Å². The SMILES string of the molecule is CCCC(NC(=O)[C@H]1C[C@H](Oc2nccc(C(F)(F)F)n2)CC1C(=O)C(NC(=O)C(NC(=O)c1cnccn1)C1CCCCC1)C(C)(C)C)C(=O)C(=O)NC1CC1. The first-order valence-corrected chi connectivity index (χ1v) is 19.6. The van der Waals surface area contributed by atoms with Crippen molar-refractivity contribution in [1.82, 2.24) is 41.2 Å². The fraction of sp³-hybridized carbons (Fsp3) is 0.641. The lowest BCUT2D eigenvalue weighted by molar-refractivity contribution is -0.141. The van der Waals surface area contributed by atoms with Gasteiger partial charge in [-0.1, -0.05) is 53.4 Å². The van der Waals surface area contributed by atoms with E-state index in [-0.39, 0.29) is 36.9 Å². The summed E-state index contributed by atoms with van der Waals surface area (Å²) >= 11 is 0. The zero-order valence-corrected chi connectivity index (χ0v) is 32.6. The summed E-state index contributed by atoms with van der Waals surface area (Å²) < 4.78 is 46.2. The second-order valence-electron chi connectivity index (χ2n) is 16.3. The smallest absolute Gasteiger partial charge is 0.433 e. The predicted molar refractivity (Wildman–Crippen MR) is 197 cm³/mol. The van der Waals surface area contributed by atoms with Crippen molar-refractivity contribution in [3.8, 4) is 6.01 Å².